The van der Waals surface area contributed by atoms with Crippen LogP contribution in [0.2, 0.25) is 0 Å². The van der Waals surface area contributed by atoms with Gasteiger partial charge in [-0.05, 0) is 38.1 Å². The summed E-state index contributed by atoms with van der Waals surface area (Å²) in [7, 11) is -1.91. The molecule has 0 aliphatic heterocycles. The number of hydrogen-bond acceptors (Lipinski definition) is 2. The minimum atomic E-state index is -3.28. The third-order valence-electron chi connectivity index (χ3n) is 2.23. The Morgan fingerprint density at radius 1 is 1.47 bits per heavy atom. The molecule has 0 saturated heterocycles. The monoisotopic (exact) mass is 231 g/mol. The number of nitrogens with one attached hydrogen (secondary N) is 1. The summed E-state index contributed by atoms with van der Waals surface area (Å²) in [6, 6.07) is 5.97. The van der Waals surface area contributed by atoms with Crippen LogP contribution in [0.25, 0.3) is 0 Å². The van der Waals surface area contributed by atoms with Gasteiger partial charge in [-0.25, -0.2) is 17.5 Å². The first-order chi connectivity index (χ1) is 6.95. The molecule has 0 saturated carbocycles. The first-order valence-corrected chi connectivity index (χ1v) is 6.17. The lowest BCUT2D eigenvalue weighted by atomic mass is 10.1. The zero-order chi connectivity index (χ0) is 11.5. The lowest BCUT2D eigenvalue weighted by Gasteiger charge is -2.11. The van der Waals surface area contributed by atoms with Crippen LogP contribution in [-0.2, 0) is 16.4 Å². The van der Waals surface area contributed by atoms with Gasteiger partial charge in [-0.15, -0.1) is 0 Å². The van der Waals surface area contributed by atoms with Gasteiger partial charge in [0.25, 0.3) is 0 Å². The summed E-state index contributed by atoms with van der Waals surface area (Å²) in [6.45, 7) is 1.59. The third-order valence-corrected chi connectivity index (χ3v) is 4.02. The van der Waals surface area contributed by atoms with Gasteiger partial charge < -0.3 is 0 Å². The molecule has 1 N–H and O–H groups in total. The van der Waals surface area contributed by atoms with E-state index in [1.165, 1.54) is 19.2 Å². The molecule has 5 heteroatoms. The Morgan fingerprint density at radius 3 is 2.67 bits per heavy atom. The van der Waals surface area contributed by atoms with Crippen LogP contribution < -0.4 is 4.72 Å². The molecule has 1 atom stereocenters. The van der Waals surface area contributed by atoms with E-state index in [-0.39, 0.29) is 5.82 Å². The number of benzene rings is 1. The van der Waals surface area contributed by atoms with E-state index >= 15 is 0 Å². The second kappa shape index (κ2) is 4.72. The Balaban J connectivity index is 2.79. The van der Waals surface area contributed by atoms with E-state index in [1.807, 2.05) is 0 Å². The van der Waals surface area contributed by atoms with Crippen molar-refractivity contribution in [2.75, 3.05) is 7.05 Å². The SMILES string of the molecule is CNS(=O)(=O)C(C)Cc1cccc(F)c1. The van der Waals surface area contributed by atoms with Gasteiger partial charge in [0.15, 0.2) is 0 Å². The van der Waals surface area contributed by atoms with Gasteiger partial charge in [-0.1, -0.05) is 12.1 Å². The van der Waals surface area contributed by atoms with E-state index < -0.39 is 15.3 Å². The molecule has 3 nitrogen and oxygen atoms in total. The van der Waals surface area contributed by atoms with Gasteiger partial charge in [-0.2, -0.15) is 0 Å². The minimum absolute atomic E-state index is 0.306. The van der Waals surface area contributed by atoms with E-state index in [9.17, 15) is 12.8 Å². The molecule has 1 rings (SSSR count). The van der Waals surface area contributed by atoms with Crippen LogP contribution in [0, 0.1) is 5.82 Å². The van der Waals surface area contributed by atoms with Crippen molar-refractivity contribution in [2.45, 2.75) is 18.6 Å². The highest BCUT2D eigenvalue weighted by Crippen LogP contribution is 2.10. The number of halogens is 1. The average molecular weight is 231 g/mol. The van der Waals surface area contributed by atoms with E-state index in [0.717, 1.165) is 0 Å². The highest BCUT2D eigenvalue weighted by molar-refractivity contribution is 7.90. The quantitative estimate of drug-likeness (QED) is 0.849. The van der Waals surface area contributed by atoms with Crippen LogP contribution in [-0.4, -0.2) is 20.7 Å². The fourth-order valence-electron chi connectivity index (χ4n) is 1.31. The largest absolute Gasteiger partial charge is 0.218 e. The topological polar surface area (TPSA) is 46.2 Å². The van der Waals surface area contributed by atoms with Crippen molar-refractivity contribution in [2.24, 2.45) is 0 Å². The molecule has 0 amide bonds. The lowest BCUT2D eigenvalue weighted by Crippen LogP contribution is -2.31. The summed E-state index contributed by atoms with van der Waals surface area (Å²) in [6.07, 6.45) is 0.306. The van der Waals surface area contributed by atoms with E-state index in [2.05, 4.69) is 4.72 Å². The summed E-state index contributed by atoms with van der Waals surface area (Å²) in [5, 5.41) is -0.565. The van der Waals surface area contributed by atoms with Crippen LogP contribution in [0.3, 0.4) is 0 Å². The fourth-order valence-corrected chi connectivity index (χ4v) is 2.12. The molecule has 0 aliphatic rings. The normalized spacial score (nSPS) is 13.8. The van der Waals surface area contributed by atoms with Gasteiger partial charge in [0.2, 0.25) is 10.0 Å². The molecule has 15 heavy (non-hydrogen) atoms. The summed E-state index contributed by atoms with van der Waals surface area (Å²) in [4.78, 5) is 0. The second-order valence-electron chi connectivity index (χ2n) is 3.39. The standard InChI is InChI=1S/C10H14FNO2S/c1-8(15(13,14)12-2)6-9-4-3-5-10(11)7-9/h3-5,7-8,12H,6H2,1-2H3. The molecule has 0 spiro atoms. The van der Waals surface area contributed by atoms with Crippen molar-refractivity contribution in [1.82, 2.24) is 4.72 Å². The van der Waals surface area contributed by atoms with Crippen molar-refractivity contribution in [1.29, 1.82) is 0 Å². The molecule has 0 fully saturated rings. The van der Waals surface area contributed by atoms with Crippen LogP contribution >= 0.6 is 0 Å². The highest BCUT2D eigenvalue weighted by atomic mass is 32.2. The Morgan fingerprint density at radius 2 is 2.13 bits per heavy atom. The van der Waals surface area contributed by atoms with Crippen molar-refractivity contribution in [3.63, 3.8) is 0 Å². The molecule has 0 aliphatic carbocycles. The molecule has 1 aromatic rings. The average Bonchev–Trinajstić information content (AvgIpc) is 2.17. The molecule has 84 valence electrons. The smallest absolute Gasteiger partial charge is 0.214 e. The zero-order valence-corrected chi connectivity index (χ0v) is 9.51. The van der Waals surface area contributed by atoms with E-state index in [1.54, 1.807) is 19.1 Å². The maximum atomic E-state index is 12.8. The summed E-state index contributed by atoms with van der Waals surface area (Å²) >= 11 is 0. The lowest BCUT2D eigenvalue weighted by molar-refractivity contribution is 0.573. The highest BCUT2D eigenvalue weighted by Gasteiger charge is 2.18. The molecule has 1 unspecified atom stereocenters. The predicted octanol–water partition coefficient (Wildman–Crippen LogP) is 1.31. The molecular weight excluding hydrogens is 217 g/mol. The number of sulfonamides is 1. The summed E-state index contributed by atoms with van der Waals surface area (Å²) < 4.78 is 37.9. The maximum absolute atomic E-state index is 12.8. The van der Waals surface area contributed by atoms with Gasteiger partial charge in [0.05, 0.1) is 5.25 Å². The molecule has 0 bridgehead atoms. The third kappa shape index (κ3) is 3.28. The number of hydrogen-bond donors (Lipinski definition) is 1. The Kier molecular flexibility index (Phi) is 3.82. The zero-order valence-electron chi connectivity index (χ0n) is 8.70. The second-order valence-corrected chi connectivity index (χ2v) is 5.70. The Labute approximate surface area is 89.4 Å². The predicted molar refractivity (Wildman–Crippen MR) is 57.5 cm³/mol. The number of rotatable bonds is 4. The Hall–Kier alpha value is -0.940. The van der Waals surface area contributed by atoms with Gasteiger partial charge in [-0.3, -0.25) is 0 Å². The molecule has 0 aromatic heterocycles. The van der Waals surface area contributed by atoms with Crippen LogP contribution in [0.1, 0.15) is 12.5 Å². The van der Waals surface area contributed by atoms with E-state index in [0.29, 0.717) is 12.0 Å². The molecule has 0 radical (unpaired) electrons. The van der Waals surface area contributed by atoms with Crippen LogP contribution in [0.4, 0.5) is 4.39 Å². The van der Waals surface area contributed by atoms with Crippen LogP contribution in [0.5, 0.6) is 0 Å². The van der Waals surface area contributed by atoms with Crippen molar-refractivity contribution in [3.8, 4) is 0 Å². The fraction of sp³-hybridized carbons (Fsp3) is 0.400. The summed E-state index contributed by atoms with van der Waals surface area (Å²) in [5.41, 5.74) is 0.682. The van der Waals surface area contributed by atoms with E-state index in [4.69, 9.17) is 0 Å². The van der Waals surface area contributed by atoms with Crippen molar-refractivity contribution >= 4 is 10.0 Å². The molecule has 0 heterocycles. The van der Waals surface area contributed by atoms with Crippen LogP contribution in [0.15, 0.2) is 24.3 Å². The molecule has 1 aromatic carbocycles. The first kappa shape index (κ1) is 12.1. The van der Waals surface area contributed by atoms with Gasteiger partial charge in [0.1, 0.15) is 5.82 Å². The maximum Gasteiger partial charge on any atom is 0.214 e. The summed E-state index contributed by atoms with van der Waals surface area (Å²) in [5.74, 6) is -0.346. The van der Waals surface area contributed by atoms with Crippen molar-refractivity contribution < 1.29 is 12.8 Å². The molecular formula is C10H14FNO2S. The van der Waals surface area contributed by atoms with Crippen molar-refractivity contribution in [3.05, 3.63) is 35.6 Å². The minimum Gasteiger partial charge on any atom is -0.218 e. The van der Waals surface area contributed by atoms with Gasteiger partial charge in [0, 0.05) is 0 Å². The van der Waals surface area contributed by atoms with Gasteiger partial charge >= 0.3 is 0 Å². The first-order valence-electron chi connectivity index (χ1n) is 4.62. The Bertz CT molecular complexity index is 431.